The molecule has 1 aromatic heterocycles. The lowest BCUT2D eigenvalue weighted by Crippen LogP contribution is -2.52. The van der Waals surface area contributed by atoms with Crippen molar-refractivity contribution in [1.29, 1.82) is 0 Å². The van der Waals surface area contributed by atoms with Crippen LogP contribution in [0.4, 0.5) is 0 Å². The number of nitrogens with zero attached hydrogens (tertiary/aromatic N) is 2. The predicted octanol–water partition coefficient (Wildman–Crippen LogP) is 1.43. The Morgan fingerprint density at radius 2 is 2.37 bits per heavy atom. The Hall–Kier alpha value is -0.970. The average Bonchev–Trinajstić information content (AvgIpc) is 2.43. The minimum absolute atomic E-state index is 0.0861. The van der Waals surface area contributed by atoms with Gasteiger partial charge in [-0.1, -0.05) is 19.4 Å². The normalized spacial score (nSPS) is 28.5. The van der Waals surface area contributed by atoms with Gasteiger partial charge in [0.1, 0.15) is 0 Å². The quantitative estimate of drug-likeness (QED) is 0.844. The number of aromatic nitrogens is 1. The lowest BCUT2D eigenvalue weighted by molar-refractivity contribution is -0.0802. The van der Waals surface area contributed by atoms with Gasteiger partial charge in [0.15, 0.2) is 0 Å². The standard InChI is InChI=1S/C15H24N2O2/c1-2-5-15(12-18)6-8-17(11-14(15)19)10-13-4-3-7-16-9-13/h3-4,7,9,14,18-19H,2,5-6,8,10-12H2,1H3/t14-,15-/m1/s1. The molecule has 2 rings (SSSR count). The SMILES string of the molecule is CCC[C@]1(CO)CCN(Cc2cccnc2)C[C@H]1O. The van der Waals surface area contributed by atoms with E-state index in [9.17, 15) is 10.2 Å². The van der Waals surface area contributed by atoms with Crippen molar-refractivity contribution in [1.82, 2.24) is 9.88 Å². The number of aliphatic hydroxyl groups excluding tert-OH is 2. The van der Waals surface area contributed by atoms with Crippen LogP contribution in [-0.4, -0.2) is 45.9 Å². The van der Waals surface area contributed by atoms with Crippen LogP contribution in [0.5, 0.6) is 0 Å². The van der Waals surface area contributed by atoms with Crippen molar-refractivity contribution in [2.75, 3.05) is 19.7 Å². The average molecular weight is 264 g/mol. The van der Waals surface area contributed by atoms with Crippen LogP contribution in [0.2, 0.25) is 0 Å². The first-order valence-corrected chi connectivity index (χ1v) is 7.10. The zero-order valence-electron chi connectivity index (χ0n) is 11.6. The van der Waals surface area contributed by atoms with Crippen LogP contribution in [0.1, 0.15) is 31.7 Å². The van der Waals surface area contributed by atoms with E-state index < -0.39 is 6.10 Å². The molecule has 1 saturated heterocycles. The van der Waals surface area contributed by atoms with Gasteiger partial charge in [-0.3, -0.25) is 9.88 Å². The molecule has 1 aromatic rings. The third-order valence-electron chi connectivity index (χ3n) is 4.26. The van der Waals surface area contributed by atoms with Gasteiger partial charge in [0, 0.05) is 30.9 Å². The van der Waals surface area contributed by atoms with Gasteiger partial charge < -0.3 is 10.2 Å². The number of hydrogen-bond donors (Lipinski definition) is 2. The summed E-state index contributed by atoms with van der Waals surface area (Å²) in [7, 11) is 0. The predicted molar refractivity (Wildman–Crippen MR) is 74.6 cm³/mol. The maximum Gasteiger partial charge on any atom is 0.0745 e. The monoisotopic (exact) mass is 264 g/mol. The van der Waals surface area contributed by atoms with E-state index in [1.807, 2.05) is 12.3 Å². The van der Waals surface area contributed by atoms with Gasteiger partial charge in [-0.15, -0.1) is 0 Å². The number of pyridine rings is 1. The van der Waals surface area contributed by atoms with Gasteiger partial charge in [0.05, 0.1) is 12.7 Å². The molecule has 19 heavy (non-hydrogen) atoms. The van der Waals surface area contributed by atoms with E-state index in [0.717, 1.165) is 32.4 Å². The molecule has 0 aliphatic carbocycles. The van der Waals surface area contributed by atoms with Crippen LogP contribution in [0.25, 0.3) is 0 Å². The van der Waals surface area contributed by atoms with Crippen LogP contribution < -0.4 is 0 Å². The van der Waals surface area contributed by atoms with Gasteiger partial charge in [-0.2, -0.15) is 0 Å². The summed E-state index contributed by atoms with van der Waals surface area (Å²) in [6.45, 7) is 4.56. The first-order valence-electron chi connectivity index (χ1n) is 7.10. The van der Waals surface area contributed by atoms with Gasteiger partial charge in [-0.25, -0.2) is 0 Å². The second-order valence-corrected chi connectivity index (χ2v) is 5.63. The molecule has 2 N–H and O–H groups in total. The van der Waals surface area contributed by atoms with E-state index in [0.29, 0.717) is 6.54 Å². The van der Waals surface area contributed by atoms with Crippen molar-refractivity contribution >= 4 is 0 Å². The van der Waals surface area contributed by atoms with E-state index in [1.165, 1.54) is 5.56 Å². The summed E-state index contributed by atoms with van der Waals surface area (Å²) in [4.78, 5) is 6.36. The number of rotatable bonds is 5. The van der Waals surface area contributed by atoms with E-state index >= 15 is 0 Å². The van der Waals surface area contributed by atoms with Crippen LogP contribution in [0.3, 0.4) is 0 Å². The zero-order chi connectivity index (χ0) is 13.7. The van der Waals surface area contributed by atoms with Crippen molar-refractivity contribution in [3.05, 3.63) is 30.1 Å². The smallest absolute Gasteiger partial charge is 0.0745 e. The molecule has 0 radical (unpaired) electrons. The van der Waals surface area contributed by atoms with Crippen LogP contribution in [0.15, 0.2) is 24.5 Å². The van der Waals surface area contributed by atoms with E-state index in [1.54, 1.807) is 6.20 Å². The molecule has 4 nitrogen and oxygen atoms in total. The number of likely N-dealkylation sites (tertiary alicyclic amines) is 1. The van der Waals surface area contributed by atoms with Gasteiger partial charge >= 0.3 is 0 Å². The zero-order valence-corrected chi connectivity index (χ0v) is 11.6. The molecule has 0 saturated carbocycles. The maximum absolute atomic E-state index is 10.4. The maximum atomic E-state index is 10.4. The topological polar surface area (TPSA) is 56.6 Å². The molecule has 0 spiro atoms. The molecule has 0 aromatic carbocycles. The minimum Gasteiger partial charge on any atom is -0.396 e. The minimum atomic E-state index is -0.442. The largest absolute Gasteiger partial charge is 0.396 e. The Kier molecular flexibility index (Phi) is 4.91. The first-order chi connectivity index (χ1) is 9.20. The van der Waals surface area contributed by atoms with Crippen molar-refractivity contribution < 1.29 is 10.2 Å². The molecule has 0 amide bonds. The van der Waals surface area contributed by atoms with Crippen LogP contribution in [-0.2, 0) is 6.54 Å². The third kappa shape index (κ3) is 3.32. The second-order valence-electron chi connectivity index (χ2n) is 5.63. The summed E-state index contributed by atoms with van der Waals surface area (Å²) in [5.74, 6) is 0. The van der Waals surface area contributed by atoms with Crippen molar-refractivity contribution in [3.8, 4) is 0 Å². The molecule has 4 heteroatoms. The fourth-order valence-corrected chi connectivity index (χ4v) is 3.02. The summed E-state index contributed by atoms with van der Waals surface area (Å²) >= 11 is 0. The van der Waals surface area contributed by atoms with Crippen LogP contribution >= 0.6 is 0 Å². The summed E-state index contributed by atoms with van der Waals surface area (Å²) in [5, 5.41) is 20.0. The number of aliphatic hydroxyl groups is 2. The number of piperidine rings is 1. The molecule has 1 fully saturated rings. The Labute approximate surface area is 115 Å². The third-order valence-corrected chi connectivity index (χ3v) is 4.26. The van der Waals surface area contributed by atoms with Crippen molar-refractivity contribution in [2.24, 2.45) is 5.41 Å². The Morgan fingerprint density at radius 3 is 2.95 bits per heavy atom. The Balaban J connectivity index is 1.96. The molecule has 106 valence electrons. The van der Waals surface area contributed by atoms with E-state index in [4.69, 9.17) is 0 Å². The lowest BCUT2D eigenvalue weighted by atomic mass is 9.73. The summed E-state index contributed by atoms with van der Waals surface area (Å²) in [6.07, 6.45) is 5.95. The molecule has 2 heterocycles. The van der Waals surface area contributed by atoms with Crippen molar-refractivity contribution in [3.63, 3.8) is 0 Å². The highest BCUT2D eigenvalue weighted by Gasteiger charge is 2.40. The van der Waals surface area contributed by atoms with Gasteiger partial charge in [0.25, 0.3) is 0 Å². The number of β-amino-alcohol motifs (C(OH)–C–C–N with tert-alkyl or cyclic N) is 1. The van der Waals surface area contributed by atoms with Gasteiger partial charge in [-0.05, 0) is 31.0 Å². The molecule has 0 unspecified atom stereocenters. The first kappa shape index (κ1) is 14.4. The fourth-order valence-electron chi connectivity index (χ4n) is 3.02. The highest BCUT2D eigenvalue weighted by molar-refractivity contribution is 5.08. The highest BCUT2D eigenvalue weighted by atomic mass is 16.3. The Bertz CT molecular complexity index is 385. The highest BCUT2D eigenvalue weighted by Crippen LogP contribution is 2.36. The van der Waals surface area contributed by atoms with E-state index in [-0.39, 0.29) is 12.0 Å². The molecular weight excluding hydrogens is 240 g/mol. The summed E-state index contributed by atoms with van der Waals surface area (Å²) in [5.41, 5.74) is 0.877. The molecule has 0 bridgehead atoms. The fraction of sp³-hybridized carbons (Fsp3) is 0.667. The molecular formula is C15H24N2O2. The second kappa shape index (κ2) is 6.46. The lowest BCUT2D eigenvalue weighted by Gasteiger charge is -2.44. The summed E-state index contributed by atoms with van der Waals surface area (Å²) < 4.78 is 0. The van der Waals surface area contributed by atoms with Crippen LogP contribution in [0, 0.1) is 5.41 Å². The Morgan fingerprint density at radius 1 is 1.53 bits per heavy atom. The van der Waals surface area contributed by atoms with E-state index in [2.05, 4.69) is 22.9 Å². The van der Waals surface area contributed by atoms with Gasteiger partial charge in [0.2, 0.25) is 0 Å². The molecule has 2 atom stereocenters. The summed E-state index contributed by atoms with van der Waals surface area (Å²) in [6, 6.07) is 3.99. The molecule has 1 aliphatic heterocycles. The molecule has 1 aliphatic rings. The van der Waals surface area contributed by atoms with Crippen molar-refractivity contribution in [2.45, 2.75) is 38.8 Å². The number of hydrogen-bond acceptors (Lipinski definition) is 4.